The zero-order valence-electron chi connectivity index (χ0n) is 12.5. The topological polar surface area (TPSA) is 24.5 Å². The number of hydrogen-bond acceptors (Lipinski definition) is 3. The molecule has 0 bridgehead atoms. The van der Waals surface area contributed by atoms with E-state index in [1.807, 2.05) is 0 Å². The van der Waals surface area contributed by atoms with Gasteiger partial charge in [0.2, 0.25) is 0 Å². The van der Waals surface area contributed by atoms with Crippen LogP contribution in [0.2, 0.25) is 0 Å². The molecule has 1 unspecified atom stereocenters. The number of fused-ring (bicyclic) bond motifs is 1. The Hall–Kier alpha value is -1.06. The van der Waals surface area contributed by atoms with Crippen LogP contribution in [0.25, 0.3) is 0 Å². The van der Waals surface area contributed by atoms with Gasteiger partial charge in [-0.2, -0.15) is 0 Å². The minimum atomic E-state index is 0.607. The van der Waals surface area contributed by atoms with Gasteiger partial charge in [-0.3, -0.25) is 4.90 Å². The molecule has 1 atom stereocenters. The molecular weight excluding hydrogens is 248 g/mol. The van der Waals surface area contributed by atoms with Crippen molar-refractivity contribution < 1.29 is 4.74 Å². The third-order valence-electron chi connectivity index (χ3n) is 4.52. The van der Waals surface area contributed by atoms with Crippen LogP contribution >= 0.6 is 0 Å². The van der Waals surface area contributed by atoms with Crippen molar-refractivity contribution in [3.8, 4) is 5.75 Å². The molecule has 0 spiro atoms. The van der Waals surface area contributed by atoms with E-state index < -0.39 is 0 Å². The first-order valence-electron chi connectivity index (χ1n) is 8.05. The van der Waals surface area contributed by atoms with Gasteiger partial charge in [0.05, 0.1) is 6.61 Å². The third kappa shape index (κ3) is 3.33. The third-order valence-corrected chi connectivity index (χ3v) is 4.52. The smallest absolute Gasteiger partial charge is 0.122 e. The Morgan fingerprint density at radius 3 is 2.90 bits per heavy atom. The fourth-order valence-corrected chi connectivity index (χ4v) is 3.17. The quantitative estimate of drug-likeness (QED) is 0.774. The molecule has 1 saturated carbocycles. The van der Waals surface area contributed by atoms with Gasteiger partial charge < -0.3 is 10.1 Å². The van der Waals surface area contributed by atoms with Gasteiger partial charge >= 0.3 is 0 Å². The molecule has 1 N–H and O–H groups in total. The Bertz CT molecular complexity index is 431. The predicted octanol–water partition coefficient (Wildman–Crippen LogP) is 2.63. The normalized spacial score (nSPS) is 21.6. The summed E-state index contributed by atoms with van der Waals surface area (Å²) < 4.78 is 5.72. The molecule has 2 aliphatic rings. The zero-order valence-corrected chi connectivity index (χ0v) is 12.5. The molecule has 110 valence electrons. The highest BCUT2D eigenvalue weighted by Crippen LogP contribution is 2.32. The number of para-hydroxylation sites is 1. The predicted molar refractivity (Wildman–Crippen MR) is 82.4 cm³/mol. The van der Waals surface area contributed by atoms with Crippen LogP contribution in [0.4, 0.5) is 0 Å². The van der Waals surface area contributed by atoms with Gasteiger partial charge in [-0.15, -0.1) is 0 Å². The number of nitrogens with zero attached hydrogens (tertiary/aromatic N) is 1. The summed E-state index contributed by atoms with van der Waals surface area (Å²) >= 11 is 0. The van der Waals surface area contributed by atoms with Crippen LogP contribution in [0.3, 0.4) is 0 Å². The zero-order chi connectivity index (χ0) is 13.8. The average molecular weight is 274 g/mol. The fraction of sp³-hybridized carbons (Fsp3) is 0.647. The molecule has 0 aromatic heterocycles. The van der Waals surface area contributed by atoms with Gasteiger partial charge in [0.15, 0.2) is 0 Å². The maximum Gasteiger partial charge on any atom is 0.122 e. The Labute approximate surface area is 122 Å². The summed E-state index contributed by atoms with van der Waals surface area (Å²) in [5.74, 6) is 1.69. The van der Waals surface area contributed by atoms with Crippen LogP contribution < -0.4 is 10.1 Å². The average Bonchev–Trinajstić information content (AvgIpc) is 3.32. The number of likely N-dealkylation sites (N-methyl/N-ethyl adjacent to an activating group) is 1. The van der Waals surface area contributed by atoms with Crippen LogP contribution in [0.1, 0.15) is 37.7 Å². The first-order chi connectivity index (χ1) is 9.88. The molecule has 3 heteroatoms. The molecule has 20 heavy (non-hydrogen) atoms. The molecule has 0 radical (unpaired) electrons. The van der Waals surface area contributed by atoms with E-state index in [9.17, 15) is 0 Å². The van der Waals surface area contributed by atoms with Crippen LogP contribution in [-0.2, 0) is 0 Å². The number of hydrogen-bond donors (Lipinski definition) is 1. The number of rotatable bonds is 7. The largest absolute Gasteiger partial charge is 0.493 e. The van der Waals surface area contributed by atoms with Crippen molar-refractivity contribution in [2.45, 2.75) is 38.1 Å². The standard InChI is InChI=1S/C17H26N2O/c1-2-19(15-7-8-15)11-10-18-13-14-9-12-20-17-6-4-3-5-16(14)17/h3-6,14-15,18H,2,7-13H2,1H3. The molecule has 1 fully saturated rings. The monoisotopic (exact) mass is 274 g/mol. The molecule has 0 saturated heterocycles. The van der Waals surface area contributed by atoms with E-state index in [-0.39, 0.29) is 0 Å². The SMILES string of the molecule is CCN(CCNCC1CCOc2ccccc21)C1CC1. The first kappa shape index (κ1) is 13.9. The van der Waals surface area contributed by atoms with Crippen molar-refractivity contribution in [2.24, 2.45) is 0 Å². The van der Waals surface area contributed by atoms with E-state index in [2.05, 4.69) is 41.4 Å². The van der Waals surface area contributed by atoms with E-state index in [0.29, 0.717) is 5.92 Å². The lowest BCUT2D eigenvalue weighted by molar-refractivity contribution is 0.256. The van der Waals surface area contributed by atoms with Crippen molar-refractivity contribution in [3.05, 3.63) is 29.8 Å². The molecule has 3 rings (SSSR count). The first-order valence-corrected chi connectivity index (χ1v) is 8.05. The van der Waals surface area contributed by atoms with E-state index in [1.165, 1.54) is 31.5 Å². The summed E-state index contributed by atoms with van der Waals surface area (Å²) in [6.45, 7) is 7.67. The Balaban J connectivity index is 1.45. The van der Waals surface area contributed by atoms with Crippen molar-refractivity contribution in [1.29, 1.82) is 0 Å². The molecule has 0 amide bonds. The van der Waals surface area contributed by atoms with Crippen LogP contribution in [0.15, 0.2) is 24.3 Å². The molecule has 3 nitrogen and oxygen atoms in total. The van der Waals surface area contributed by atoms with Crippen LogP contribution in [0, 0.1) is 0 Å². The molecule has 1 aromatic rings. The maximum atomic E-state index is 5.72. The minimum absolute atomic E-state index is 0.607. The second-order valence-corrected chi connectivity index (χ2v) is 5.94. The number of ether oxygens (including phenoxy) is 1. The summed E-state index contributed by atoms with van der Waals surface area (Å²) in [6, 6.07) is 9.36. The summed E-state index contributed by atoms with van der Waals surface area (Å²) in [4.78, 5) is 2.60. The van der Waals surface area contributed by atoms with Gasteiger partial charge in [-0.1, -0.05) is 25.1 Å². The lowest BCUT2D eigenvalue weighted by atomic mass is 9.93. The second kappa shape index (κ2) is 6.59. The fourth-order valence-electron chi connectivity index (χ4n) is 3.17. The van der Waals surface area contributed by atoms with Crippen LogP contribution in [0.5, 0.6) is 5.75 Å². The molecular formula is C17H26N2O. The van der Waals surface area contributed by atoms with Crippen LogP contribution in [-0.4, -0.2) is 43.7 Å². The molecule has 1 aromatic carbocycles. The Kier molecular flexibility index (Phi) is 4.58. The van der Waals surface area contributed by atoms with Crippen molar-refractivity contribution in [1.82, 2.24) is 10.2 Å². The highest BCUT2D eigenvalue weighted by atomic mass is 16.5. The Morgan fingerprint density at radius 1 is 1.25 bits per heavy atom. The van der Waals surface area contributed by atoms with Gasteiger partial charge in [0.1, 0.15) is 5.75 Å². The van der Waals surface area contributed by atoms with Gasteiger partial charge in [-0.05, 0) is 37.4 Å². The number of nitrogens with one attached hydrogen (secondary N) is 1. The maximum absolute atomic E-state index is 5.72. The molecule has 1 heterocycles. The van der Waals surface area contributed by atoms with E-state index >= 15 is 0 Å². The summed E-state index contributed by atoms with van der Waals surface area (Å²) in [5, 5.41) is 3.65. The van der Waals surface area contributed by atoms with Gasteiger partial charge in [-0.25, -0.2) is 0 Å². The lowest BCUT2D eigenvalue weighted by Crippen LogP contribution is -2.35. The number of benzene rings is 1. The van der Waals surface area contributed by atoms with Gasteiger partial charge in [0.25, 0.3) is 0 Å². The second-order valence-electron chi connectivity index (χ2n) is 5.94. The van der Waals surface area contributed by atoms with E-state index in [0.717, 1.165) is 37.9 Å². The van der Waals surface area contributed by atoms with Crippen molar-refractivity contribution >= 4 is 0 Å². The minimum Gasteiger partial charge on any atom is -0.493 e. The Morgan fingerprint density at radius 2 is 2.10 bits per heavy atom. The van der Waals surface area contributed by atoms with Gasteiger partial charge in [0, 0.05) is 31.6 Å². The molecule has 1 aliphatic carbocycles. The highest BCUT2D eigenvalue weighted by Gasteiger charge is 2.27. The lowest BCUT2D eigenvalue weighted by Gasteiger charge is -2.26. The molecule has 1 aliphatic heterocycles. The van der Waals surface area contributed by atoms with Crippen molar-refractivity contribution in [3.63, 3.8) is 0 Å². The highest BCUT2D eigenvalue weighted by molar-refractivity contribution is 5.37. The summed E-state index contributed by atoms with van der Waals surface area (Å²) in [6.07, 6.45) is 3.94. The van der Waals surface area contributed by atoms with E-state index in [4.69, 9.17) is 4.74 Å². The van der Waals surface area contributed by atoms with E-state index in [1.54, 1.807) is 0 Å². The summed E-state index contributed by atoms with van der Waals surface area (Å²) in [7, 11) is 0. The summed E-state index contributed by atoms with van der Waals surface area (Å²) in [5.41, 5.74) is 1.38. The van der Waals surface area contributed by atoms with Crippen molar-refractivity contribution in [2.75, 3.05) is 32.8 Å².